The number of ether oxygens (including phenoxy) is 2. The summed E-state index contributed by atoms with van der Waals surface area (Å²) in [4.78, 5) is 11.9. The minimum atomic E-state index is 0.00766. The van der Waals surface area contributed by atoms with Crippen LogP contribution in [0.3, 0.4) is 0 Å². The summed E-state index contributed by atoms with van der Waals surface area (Å²) < 4.78 is 10.6. The van der Waals surface area contributed by atoms with Gasteiger partial charge in [-0.15, -0.1) is 0 Å². The van der Waals surface area contributed by atoms with Crippen molar-refractivity contribution in [3.63, 3.8) is 0 Å². The number of hydrogen-bond acceptors (Lipinski definition) is 4. The van der Waals surface area contributed by atoms with Crippen molar-refractivity contribution in [2.24, 2.45) is 0 Å². The molecule has 0 atom stereocenters. The molecule has 0 fully saturated rings. The standard InChI is InChI=1S/C19H20Cl2N2O3/c20-15-3-2-14(16(21)10-15)5-8-23-19(24)6-7-22-11-13-1-4-17-18(9-13)26-12-25-17/h1-4,9-10,22H,5-8,11-12H2,(H,23,24). The normalized spacial score (nSPS) is 12.2. The monoisotopic (exact) mass is 394 g/mol. The van der Waals surface area contributed by atoms with Crippen LogP contribution in [0.4, 0.5) is 0 Å². The Hall–Kier alpha value is -1.95. The number of carbonyl (C=O) groups excluding carboxylic acids is 1. The average molecular weight is 395 g/mol. The molecule has 0 radical (unpaired) electrons. The molecule has 0 bridgehead atoms. The van der Waals surface area contributed by atoms with Gasteiger partial charge in [0.05, 0.1) is 0 Å². The highest BCUT2D eigenvalue weighted by molar-refractivity contribution is 6.35. The fraction of sp³-hybridized carbons (Fsp3) is 0.316. The Morgan fingerprint density at radius 1 is 1.04 bits per heavy atom. The van der Waals surface area contributed by atoms with Gasteiger partial charge in [-0.1, -0.05) is 35.3 Å². The fourth-order valence-corrected chi connectivity index (χ4v) is 3.14. The number of carbonyl (C=O) groups is 1. The molecule has 0 saturated heterocycles. The van der Waals surface area contributed by atoms with Gasteiger partial charge in [-0.25, -0.2) is 0 Å². The first-order valence-corrected chi connectivity index (χ1v) is 9.17. The number of halogens is 2. The summed E-state index contributed by atoms with van der Waals surface area (Å²) in [5.41, 5.74) is 2.06. The molecular formula is C19H20Cl2N2O3. The molecule has 0 aromatic heterocycles. The molecule has 1 amide bonds. The van der Waals surface area contributed by atoms with E-state index >= 15 is 0 Å². The molecule has 1 aliphatic heterocycles. The fourth-order valence-electron chi connectivity index (χ4n) is 2.63. The third-order valence-electron chi connectivity index (χ3n) is 4.03. The Kier molecular flexibility index (Phi) is 6.61. The van der Waals surface area contributed by atoms with Gasteiger partial charge in [-0.3, -0.25) is 4.79 Å². The lowest BCUT2D eigenvalue weighted by Crippen LogP contribution is -2.29. The van der Waals surface area contributed by atoms with Crippen LogP contribution in [0.25, 0.3) is 0 Å². The lowest BCUT2D eigenvalue weighted by atomic mass is 10.1. The van der Waals surface area contributed by atoms with Crippen molar-refractivity contribution in [1.82, 2.24) is 10.6 Å². The van der Waals surface area contributed by atoms with Crippen LogP contribution in [0.2, 0.25) is 10.0 Å². The quantitative estimate of drug-likeness (QED) is 0.672. The molecule has 0 unspecified atom stereocenters. The van der Waals surface area contributed by atoms with Crippen molar-refractivity contribution >= 4 is 29.1 Å². The van der Waals surface area contributed by atoms with Crippen molar-refractivity contribution in [2.45, 2.75) is 19.4 Å². The van der Waals surface area contributed by atoms with Gasteiger partial charge in [0.15, 0.2) is 11.5 Å². The molecule has 1 heterocycles. The maximum Gasteiger partial charge on any atom is 0.231 e. The predicted octanol–water partition coefficient (Wildman–Crippen LogP) is 3.56. The second kappa shape index (κ2) is 9.12. The first-order valence-electron chi connectivity index (χ1n) is 8.42. The van der Waals surface area contributed by atoms with Gasteiger partial charge in [-0.2, -0.15) is 0 Å². The van der Waals surface area contributed by atoms with E-state index in [2.05, 4.69) is 10.6 Å². The maximum absolute atomic E-state index is 11.9. The highest BCUT2D eigenvalue weighted by Crippen LogP contribution is 2.32. The van der Waals surface area contributed by atoms with E-state index in [1.54, 1.807) is 12.1 Å². The zero-order valence-electron chi connectivity index (χ0n) is 14.2. The number of nitrogens with one attached hydrogen (secondary N) is 2. The zero-order chi connectivity index (χ0) is 18.4. The molecule has 3 rings (SSSR count). The molecule has 7 heteroatoms. The molecule has 2 aromatic rings. The van der Waals surface area contributed by atoms with E-state index in [0.717, 1.165) is 22.6 Å². The van der Waals surface area contributed by atoms with Crippen LogP contribution < -0.4 is 20.1 Å². The molecular weight excluding hydrogens is 375 g/mol. The van der Waals surface area contributed by atoms with Crippen LogP contribution in [-0.2, 0) is 17.8 Å². The second-order valence-electron chi connectivity index (χ2n) is 5.95. The molecule has 5 nitrogen and oxygen atoms in total. The van der Waals surface area contributed by atoms with Gasteiger partial charge in [0.1, 0.15) is 0 Å². The molecule has 1 aliphatic rings. The molecule has 26 heavy (non-hydrogen) atoms. The highest BCUT2D eigenvalue weighted by atomic mass is 35.5. The van der Waals surface area contributed by atoms with Crippen LogP contribution in [0.5, 0.6) is 11.5 Å². The van der Waals surface area contributed by atoms with Crippen LogP contribution in [-0.4, -0.2) is 25.8 Å². The number of hydrogen-bond donors (Lipinski definition) is 2. The maximum atomic E-state index is 11.9. The minimum absolute atomic E-state index is 0.00766. The van der Waals surface area contributed by atoms with Gasteiger partial charge in [0.25, 0.3) is 0 Å². The van der Waals surface area contributed by atoms with E-state index < -0.39 is 0 Å². The van der Waals surface area contributed by atoms with Crippen molar-refractivity contribution in [3.05, 3.63) is 57.6 Å². The lowest BCUT2D eigenvalue weighted by molar-refractivity contribution is -0.120. The Bertz CT molecular complexity index is 783. The Balaban J connectivity index is 1.32. The summed E-state index contributed by atoms with van der Waals surface area (Å²) in [6, 6.07) is 11.2. The summed E-state index contributed by atoms with van der Waals surface area (Å²) in [5.74, 6) is 1.55. The van der Waals surface area contributed by atoms with E-state index in [9.17, 15) is 4.79 Å². The summed E-state index contributed by atoms with van der Waals surface area (Å²) in [6.45, 7) is 2.09. The second-order valence-corrected chi connectivity index (χ2v) is 6.79. The molecule has 0 saturated carbocycles. The lowest BCUT2D eigenvalue weighted by Gasteiger charge is -2.08. The van der Waals surface area contributed by atoms with Crippen LogP contribution in [0.1, 0.15) is 17.5 Å². The number of rotatable bonds is 8. The van der Waals surface area contributed by atoms with Gasteiger partial charge in [0.2, 0.25) is 12.7 Å². The minimum Gasteiger partial charge on any atom is -0.454 e. The Morgan fingerprint density at radius 2 is 1.88 bits per heavy atom. The Labute approximate surface area is 162 Å². The van der Waals surface area contributed by atoms with Crippen molar-refractivity contribution in [3.8, 4) is 11.5 Å². The average Bonchev–Trinajstić information content (AvgIpc) is 3.08. The smallest absolute Gasteiger partial charge is 0.231 e. The van der Waals surface area contributed by atoms with Crippen molar-refractivity contribution < 1.29 is 14.3 Å². The van der Waals surface area contributed by atoms with E-state index in [1.165, 1.54) is 0 Å². The number of amides is 1. The summed E-state index contributed by atoms with van der Waals surface area (Å²) in [5, 5.41) is 7.38. The van der Waals surface area contributed by atoms with Gasteiger partial charge < -0.3 is 20.1 Å². The van der Waals surface area contributed by atoms with E-state index in [-0.39, 0.29) is 12.7 Å². The van der Waals surface area contributed by atoms with Gasteiger partial charge in [0, 0.05) is 36.1 Å². The summed E-state index contributed by atoms with van der Waals surface area (Å²) in [7, 11) is 0. The third kappa shape index (κ3) is 5.27. The van der Waals surface area contributed by atoms with Crippen molar-refractivity contribution in [2.75, 3.05) is 19.9 Å². The van der Waals surface area contributed by atoms with E-state index in [4.69, 9.17) is 32.7 Å². The summed E-state index contributed by atoms with van der Waals surface area (Å²) in [6.07, 6.45) is 1.09. The largest absolute Gasteiger partial charge is 0.454 e. The first-order chi connectivity index (χ1) is 12.6. The molecule has 0 spiro atoms. The van der Waals surface area contributed by atoms with Crippen LogP contribution in [0, 0.1) is 0 Å². The van der Waals surface area contributed by atoms with Gasteiger partial charge in [-0.05, 0) is 41.8 Å². The number of benzene rings is 2. The zero-order valence-corrected chi connectivity index (χ0v) is 15.7. The molecule has 138 valence electrons. The predicted molar refractivity (Wildman–Crippen MR) is 102 cm³/mol. The Morgan fingerprint density at radius 3 is 2.73 bits per heavy atom. The first kappa shape index (κ1) is 18.8. The third-order valence-corrected chi connectivity index (χ3v) is 4.61. The highest BCUT2D eigenvalue weighted by Gasteiger charge is 2.12. The number of fused-ring (bicyclic) bond motifs is 1. The SMILES string of the molecule is O=C(CCNCc1ccc2c(c1)OCO2)NCCc1ccc(Cl)cc1Cl. The van der Waals surface area contributed by atoms with E-state index in [1.807, 2.05) is 24.3 Å². The molecule has 2 aromatic carbocycles. The molecule has 0 aliphatic carbocycles. The molecule has 2 N–H and O–H groups in total. The van der Waals surface area contributed by atoms with Gasteiger partial charge >= 0.3 is 0 Å². The topological polar surface area (TPSA) is 59.6 Å². The van der Waals surface area contributed by atoms with Crippen LogP contribution >= 0.6 is 23.2 Å². The van der Waals surface area contributed by atoms with E-state index in [0.29, 0.717) is 42.5 Å². The summed E-state index contributed by atoms with van der Waals surface area (Å²) >= 11 is 12.0. The van der Waals surface area contributed by atoms with Crippen LogP contribution in [0.15, 0.2) is 36.4 Å². The van der Waals surface area contributed by atoms with Crippen molar-refractivity contribution in [1.29, 1.82) is 0 Å².